The normalized spacial score (nSPS) is 11.0. The minimum Gasteiger partial charge on any atom is -0.373 e. The highest BCUT2D eigenvalue weighted by Crippen LogP contribution is 2.27. The zero-order chi connectivity index (χ0) is 28.6. The molecule has 6 nitrogen and oxygen atoms in total. The van der Waals surface area contributed by atoms with E-state index >= 15 is 0 Å². The molecular weight excluding hydrogens is 482 g/mol. The van der Waals surface area contributed by atoms with E-state index in [2.05, 4.69) is 76.2 Å². The SMILES string of the molecule is CCCc1ccc(C(=O)Nc2cc(C(C)(C)C)nn2-c2ccccc2)cc1C.CCc1cnc(NC)c(C)c1. The summed E-state index contributed by atoms with van der Waals surface area (Å²) in [5.74, 6) is 1.53. The van der Waals surface area contributed by atoms with Crippen molar-refractivity contribution >= 4 is 17.5 Å². The molecule has 2 aromatic carbocycles. The fourth-order valence-electron chi connectivity index (χ4n) is 4.27. The number of nitrogens with zero attached hydrogens (tertiary/aromatic N) is 3. The summed E-state index contributed by atoms with van der Waals surface area (Å²) in [4.78, 5) is 17.2. The molecule has 4 aromatic rings. The van der Waals surface area contributed by atoms with Crippen LogP contribution in [0.5, 0.6) is 0 Å². The summed E-state index contributed by atoms with van der Waals surface area (Å²) >= 11 is 0. The summed E-state index contributed by atoms with van der Waals surface area (Å²) in [6.07, 6.45) is 5.10. The third-order valence-electron chi connectivity index (χ3n) is 6.62. The first-order chi connectivity index (χ1) is 18.6. The van der Waals surface area contributed by atoms with Crippen molar-refractivity contribution in [3.8, 4) is 5.69 Å². The van der Waals surface area contributed by atoms with Crippen molar-refractivity contribution in [3.63, 3.8) is 0 Å². The van der Waals surface area contributed by atoms with Crippen LogP contribution in [0, 0.1) is 13.8 Å². The fraction of sp³-hybridized carbons (Fsp3) is 0.364. The molecule has 2 N–H and O–H groups in total. The average Bonchev–Trinajstić information content (AvgIpc) is 3.35. The number of nitrogens with one attached hydrogen (secondary N) is 2. The van der Waals surface area contributed by atoms with Crippen LogP contribution in [0.3, 0.4) is 0 Å². The Kier molecular flexibility index (Phi) is 10.0. The van der Waals surface area contributed by atoms with Crippen molar-refractivity contribution in [2.45, 2.75) is 73.1 Å². The van der Waals surface area contributed by atoms with E-state index in [1.807, 2.05) is 61.8 Å². The molecule has 0 aliphatic heterocycles. The molecule has 2 aromatic heterocycles. The monoisotopic (exact) mass is 525 g/mol. The zero-order valence-electron chi connectivity index (χ0n) is 24.7. The lowest BCUT2D eigenvalue weighted by Crippen LogP contribution is -2.15. The van der Waals surface area contributed by atoms with Crippen LogP contribution in [0.4, 0.5) is 11.6 Å². The molecule has 0 aliphatic rings. The third kappa shape index (κ3) is 7.79. The van der Waals surface area contributed by atoms with Gasteiger partial charge in [0.25, 0.3) is 5.91 Å². The number of anilines is 2. The second-order valence-electron chi connectivity index (χ2n) is 10.9. The Morgan fingerprint density at radius 1 is 0.949 bits per heavy atom. The molecule has 2 heterocycles. The van der Waals surface area contributed by atoms with Gasteiger partial charge in [0.2, 0.25) is 0 Å². The lowest BCUT2D eigenvalue weighted by molar-refractivity contribution is 0.102. The lowest BCUT2D eigenvalue weighted by atomic mass is 9.92. The molecule has 0 saturated carbocycles. The van der Waals surface area contributed by atoms with Crippen LogP contribution in [-0.2, 0) is 18.3 Å². The van der Waals surface area contributed by atoms with Crippen LogP contribution < -0.4 is 10.6 Å². The van der Waals surface area contributed by atoms with Crippen LogP contribution in [0.15, 0.2) is 66.9 Å². The van der Waals surface area contributed by atoms with Gasteiger partial charge in [0.15, 0.2) is 0 Å². The highest BCUT2D eigenvalue weighted by atomic mass is 16.1. The number of benzene rings is 2. The van der Waals surface area contributed by atoms with Crippen LogP contribution in [0.1, 0.15) is 79.3 Å². The van der Waals surface area contributed by atoms with Gasteiger partial charge >= 0.3 is 0 Å². The summed E-state index contributed by atoms with van der Waals surface area (Å²) in [6.45, 7) is 14.8. The molecule has 4 rings (SSSR count). The number of pyridine rings is 1. The van der Waals surface area contributed by atoms with E-state index in [0.717, 1.165) is 42.0 Å². The largest absolute Gasteiger partial charge is 0.373 e. The van der Waals surface area contributed by atoms with E-state index in [-0.39, 0.29) is 11.3 Å². The average molecular weight is 526 g/mol. The Morgan fingerprint density at radius 3 is 2.23 bits per heavy atom. The predicted molar refractivity (Wildman–Crippen MR) is 163 cm³/mol. The van der Waals surface area contributed by atoms with Gasteiger partial charge in [-0.15, -0.1) is 0 Å². The first kappa shape index (κ1) is 29.6. The Hall–Kier alpha value is -3.93. The fourth-order valence-corrected chi connectivity index (χ4v) is 4.27. The maximum Gasteiger partial charge on any atom is 0.256 e. The van der Waals surface area contributed by atoms with Gasteiger partial charge in [-0.1, -0.05) is 71.4 Å². The summed E-state index contributed by atoms with van der Waals surface area (Å²) in [7, 11) is 1.89. The smallest absolute Gasteiger partial charge is 0.256 e. The minimum absolute atomic E-state index is 0.113. The molecule has 0 unspecified atom stereocenters. The molecule has 0 fully saturated rings. The predicted octanol–water partition coefficient (Wildman–Crippen LogP) is 7.68. The highest BCUT2D eigenvalue weighted by Gasteiger charge is 2.22. The number of amides is 1. The van der Waals surface area contributed by atoms with Gasteiger partial charge in [0.1, 0.15) is 11.6 Å². The molecule has 1 amide bonds. The molecule has 0 atom stereocenters. The van der Waals surface area contributed by atoms with Crippen molar-refractivity contribution in [2.24, 2.45) is 0 Å². The molecule has 0 saturated heterocycles. The Balaban J connectivity index is 0.000000320. The van der Waals surface area contributed by atoms with Crippen molar-refractivity contribution in [2.75, 3.05) is 17.7 Å². The van der Waals surface area contributed by atoms with E-state index in [1.165, 1.54) is 16.7 Å². The van der Waals surface area contributed by atoms with Gasteiger partial charge in [-0.3, -0.25) is 4.79 Å². The number of aromatic nitrogens is 3. The highest BCUT2D eigenvalue weighted by molar-refractivity contribution is 6.04. The van der Waals surface area contributed by atoms with Crippen LogP contribution in [0.25, 0.3) is 5.69 Å². The first-order valence-electron chi connectivity index (χ1n) is 13.8. The molecule has 0 aliphatic carbocycles. The number of hydrogen-bond donors (Lipinski definition) is 2. The quantitative estimate of drug-likeness (QED) is 0.260. The second-order valence-corrected chi connectivity index (χ2v) is 10.9. The third-order valence-corrected chi connectivity index (χ3v) is 6.62. The molecular formula is C33H43N5O. The van der Waals surface area contributed by atoms with Gasteiger partial charge < -0.3 is 10.6 Å². The maximum atomic E-state index is 12.9. The molecule has 206 valence electrons. The number of para-hydroxylation sites is 1. The number of carbonyl (C=O) groups is 1. The standard InChI is InChI=1S/C24H29N3O.C9H14N2/c1-6-10-18-13-14-19(15-17(18)2)23(28)25-22-16-21(24(3,4)5)26-27(22)20-11-8-7-9-12-20;1-4-8-5-7(2)9(10-3)11-6-8/h7-9,11-16H,6,10H2,1-5H3,(H,25,28);5-6H,4H2,1-3H3,(H,10,11). The number of hydrogen-bond acceptors (Lipinski definition) is 4. The minimum atomic E-state index is -0.122. The van der Waals surface area contributed by atoms with Gasteiger partial charge in [-0.25, -0.2) is 9.67 Å². The van der Waals surface area contributed by atoms with Crippen LogP contribution in [-0.4, -0.2) is 27.7 Å². The van der Waals surface area contributed by atoms with Gasteiger partial charge in [-0.2, -0.15) is 5.10 Å². The topological polar surface area (TPSA) is 71.8 Å². The van der Waals surface area contributed by atoms with Crippen molar-refractivity contribution < 1.29 is 4.79 Å². The summed E-state index contributed by atoms with van der Waals surface area (Å²) < 4.78 is 1.80. The lowest BCUT2D eigenvalue weighted by Gasteiger charge is -2.14. The van der Waals surface area contributed by atoms with Crippen molar-refractivity contribution in [1.82, 2.24) is 14.8 Å². The number of rotatable bonds is 7. The second kappa shape index (κ2) is 13.2. The Labute approximate surface area is 233 Å². The first-order valence-corrected chi connectivity index (χ1v) is 13.8. The summed E-state index contributed by atoms with van der Waals surface area (Å²) in [5, 5.41) is 10.8. The van der Waals surface area contributed by atoms with E-state index in [9.17, 15) is 4.79 Å². The molecule has 0 radical (unpaired) electrons. The maximum absolute atomic E-state index is 12.9. The molecule has 0 bridgehead atoms. The van der Waals surface area contributed by atoms with Crippen molar-refractivity contribution in [3.05, 3.63) is 100 Å². The van der Waals surface area contributed by atoms with Gasteiger partial charge in [0.05, 0.1) is 11.4 Å². The molecule has 6 heteroatoms. The number of carbonyl (C=O) groups excluding carboxylic acids is 1. The summed E-state index contributed by atoms with van der Waals surface area (Å²) in [6, 6.07) is 19.9. The Morgan fingerprint density at radius 2 is 1.67 bits per heavy atom. The van der Waals surface area contributed by atoms with E-state index < -0.39 is 0 Å². The molecule has 0 spiro atoms. The van der Waals surface area contributed by atoms with Gasteiger partial charge in [0, 0.05) is 30.3 Å². The zero-order valence-corrected chi connectivity index (χ0v) is 24.7. The summed E-state index contributed by atoms with van der Waals surface area (Å²) in [5.41, 5.74) is 7.36. The molecule has 39 heavy (non-hydrogen) atoms. The van der Waals surface area contributed by atoms with Gasteiger partial charge in [-0.05, 0) is 73.2 Å². The van der Waals surface area contributed by atoms with Crippen molar-refractivity contribution in [1.29, 1.82) is 0 Å². The Bertz CT molecular complexity index is 1380. The van der Waals surface area contributed by atoms with Crippen LogP contribution in [0.2, 0.25) is 0 Å². The van der Waals surface area contributed by atoms with E-state index in [1.54, 1.807) is 4.68 Å². The van der Waals surface area contributed by atoms with E-state index in [0.29, 0.717) is 11.4 Å². The number of aryl methyl sites for hydroxylation is 4. The van der Waals surface area contributed by atoms with Crippen LogP contribution >= 0.6 is 0 Å². The van der Waals surface area contributed by atoms with E-state index in [4.69, 9.17) is 5.10 Å².